The minimum atomic E-state index is 0.551. The number of anilines is 1. The van der Waals surface area contributed by atoms with Gasteiger partial charge in [0.25, 0.3) is 0 Å². The number of carbonyl (C=O) groups excluding carboxylic acids is 1. The van der Waals surface area contributed by atoms with Gasteiger partial charge < -0.3 is 4.90 Å². The van der Waals surface area contributed by atoms with E-state index in [0.29, 0.717) is 11.6 Å². The van der Waals surface area contributed by atoms with Crippen molar-refractivity contribution in [1.82, 2.24) is 4.98 Å². The highest BCUT2D eigenvalue weighted by molar-refractivity contribution is 5.74. The van der Waals surface area contributed by atoms with Gasteiger partial charge in [0, 0.05) is 24.3 Å². The Labute approximate surface area is 90.1 Å². The zero-order valence-electron chi connectivity index (χ0n) is 9.18. The number of pyridine rings is 1. The van der Waals surface area contributed by atoms with E-state index >= 15 is 0 Å². The van der Waals surface area contributed by atoms with E-state index in [4.69, 9.17) is 0 Å². The van der Waals surface area contributed by atoms with Crippen LogP contribution >= 0.6 is 0 Å². The molecule has 15 heavy (non-hydrogen) atoms. The second-order valence-corrected chi connectivity index (χ2v) is 4.41. The second kappa shape index (κ2) is 4.01. The van der Waals surface area contributed by atoms with E-state index in [1.165, 1.54) is 6.42 Å². The van der Waals surface area contributed by atoms with Gasteiger partial charge in [0.2, 0.25) is 0 Å². The summed E-state index contributed by atoms with van der Waals surface area (Å²) < 4.78 is 0. The summed E-state index contributed by atoms with van der Waals surface area (Å²) in [4.78, 5) is 17.1. The third kappa shape index (κ3) is 2.01. The molecular formula is C12H16N2O. The molecule has 0 spiro atoms. The van der Waals surface area contributed by atoms with Gasteiger partial charge in [0.05, 0.1) is 0 Å². The standard InChI is InChI=1S/C12H16N2O/c1-9-5-10(2)14(7-9)12-4-3-11(8-15)6-13-12/h3-4,6,8-10H,5,7H2,1-2H3. The Bertz CT molecular complexity index is 347. The zero-order chi connectivity index (χ0) is 10.8. The van der Waals surface area contributed by atoms with Crippen molar-refractivity contribution < 1.29 is 4.79 Å². The lowest BCUT2D eigenvalue weighted by Gasteiger charge is -2.22. The molecule has 2 unspecified atom stereocenters. The average molecular weight is 204 g/mol. The maximum atomic E-state index is 10.5. The number of hydrogen-bond donors (Lipinski definition) is 0. The van der Waals surface area contributed by atoms with Gasteiger partial charge >= 0.3 is 0 Å². The molecule has 1 aromatic rings. The zero-order valence-corrected chi connectivity index (χ0v) is 9.18. The van der Waals surface area contributed by atoms with Crippen LogP contribution in [0.4, 0.5) is 5.82 Å². The minimum Gasteiger partial charge on any atom is -0.354 e. The number of rotatable bonds is 2. The number of carbonyl (C=O) groups is 1. The number of aromatic nitrogens is 1. The Balaban J connectivity index is 2.18. The first kappa shape index (κ1) is 10.1. The summed E-state index contributed by atoms with van der Waals surface area (Å²) in [5, 5.41) is 0. The van der Waals surface area contributed by atoms with Crippen molar-refractivity contribution in [3.05, 3.63) is 23.9 Å². The summed E-state index contributed by atoms with van der Waals surface area (Å²) in [5.74, 6) is 1.71. The Hall–Kier alpha value is -1.38. The topological polar surface area (TPSA) is 33.2 Å². The molecule has 3 heteroatoms. The molecule has 0 amide bonds. The quantitative estimate of drug-likeness (QED) is 0.692. The van der Waals surface area contributed by atoms with Crippen LogP contribution < -0.4 is 4.90 Å². The van der Waals surface area contributed by atoms with Crippen molar-refractivity contribution in [3.63, 3.8) is 0 Å². The van der Waals surface area contributed by atoms with Crippen molar-refractivity contribution in [2.75, 3.05) is 11.4 Å². The molecule has 0 aliphatic carbocycles. The maximum absolute atomic E-state index is 10.5. The van der Waals surface area contributed by atoms with E-state index in [9.17, 15) is 4.79 Å². The molecule has 1 fully saturated rings. The molecule has 2 heterocycles. The molecule has 1 aromatic heterocycles. The van der Waals surface area contributed by atoms with Gasteiger partial charge in [0.15, 0.2) is 6.29 Å². The van der Waals surface area contributed by atoms with Crippen molar-refractivity contribution in [2.45, 2.75) is 26.3 Å². The highest BCUT2D eigenvalue weighted by atomic mass is 16.1. The fourth-order valence-corrected chi connectivity index (χ4v) is 2.26. The normalized spacial score (nSPS) is 25.6. The van der Waals surface area contributed by atoms with Gasteiger partial charge in [-0.1, -0.05) is 6.92 Å². The van der Waals surface area contributed by atoms with Crippen LogP contribution in [0.25, 0.3) is 0 Å². The third-order valence-electron chi connectivity index (χ3n) is 2.99. The minimum absolute atomic E-state index is 0.551. The van der Waals surface area contributed by atoms with E-state index < -0.39 is 0 Å². The summed E-state index contributed by atoms with van der Waals surface area (Å²) in [6, 6.07) is 4.30. The van der Waals surface area contributed by atoms with E-state index in [0.717, 1.165) is 24.6 Å². The summed E-state index contributed by atoms with van der Waals surface area (Å²) in [6.07, 6.45) is 3.68. The Morgan fingerprint density at radius 2 is 2.27 bits per heavy atom. The number of aldehydes is 1. The van der Waals surface area contributed by atoms with Crippen molar-refractivity contribution >= 4 is 12.1 Å². The number of hydrogen-bond acceptors (Lipinski definition) is 3. The Kier molecular flexibility index (Phi) is 2.71. The van der Waals surface area contributed by atoms with Gasteiger partial charge in [-0.25, -0.2) is 4.98 Å². The molecule has 3 nitrogen and oxygen atoms in total. The molecule has 0 N–H and O–H groups in total. The van der Waals surface area contributed by atoms with Crippen LogP contribution in [0.3, 0.4) is 0 Å². The van der Waals surface area contributed by atoms with Crippen LogP contribution in [0.15, 0.2) is 18.3 Å². The molecule has 2 atom stereocenters. The molecule has 0 radical (unpaired) electrons. The molecule has 0 aromatic carbocycles. The van der Waals surface area contributed by atoms with Crippen LogP contribution in [0.2, 0.25) is 0 Å². The fourth-order valence-electron chi connectivity index (χ4n) is 2.26. The molecule has 80 valence electrons. The fraction of sp³-hybridized carbons (Fsp3) is 0.500. The monoisotopic (exact) mass is 204 g/mol. The summed E-state index contributed by atoms with van der Waals surface area (Å²) >= 11 is 0. The smallest absolute Gasteiger partial charge is 0.151 e. The second-order valence-electron chi connectivity index (χ2n) is 4.41. The third-order valence-corrected chi connectivity index (χ3v) is 2.99. The van der Waals surface area contributed by atoms with Crippen LogP contribution in [0.5, 0.6) is 0 Å². The van der Waals surface area contributed by atoms with Gasteiger partial charge in [-0.15, -0.1) is 0 Å². The van der Waals surface area contributed by atoms with Crippen LogP contribution in [-0.2, 0) is 0 Å². The van der Waals surface area contributed by atoms with Crippen LogP contribution in [-0.4, -0.2) is 23.9 Å². The first-order valence-corrected chi connectivity index (χ1v) is 5.38. The summed E-state index contributed by atoms with van der Waals surface area (Å²) in [7, 11) is 0. The average Bonchev–Trinajstić information content (AvgIpc) is 2.58. The SMILES string of the molecule is CC1CC(C)N(c2ccc(C=O)cn2)C1. The van der Waals surface area contributed by atoms with E-state index in [1.54, 1.807) is 6.20 Å². The van der Waals surface area contributed by atoms with Crippen LogP contribution in [0, 0.1) is 5.92 Å². The highest BCUT2D eigenvalue weighted by Crippen LogP contribution is 2.26. The molecule has 2 rings (SSSR count). The lowest BCUT2D eigenvalue weighted by atomic mass is 10.1. The van der Waals surface area contributed by atoms with Gasteiger partial charge in [-0.05, 0) is 31.4 Å². The lowest BCUT2D eigenvalue weighted by molar-refractivity contribution is 0.112. The largest absolute Gasteiger partial charge is 0.354 e. The highest BCUT2D eigenvalue weighted by Gasteiger charge is 2.26. The molecule has 1 aliphatic rings. The van der Waals surface area contributed by atoms with Crippen LogP contribution in [0.1, 0.15) is 30.6 Å². The predicted molar refractivity (Wildman–Crippen MR) is 60.2 cm³/mol. The molecule has 0 bridgehead atoms. The summed E-state index contributed by atoms with van der Waals surface area (Å²) in [6.45, 7) is 5.55. The Morgan fingerprint density at radius 3 is 2.73 bits per heavy atom. The first-order chi connectivity index (χ1) is 7.20. The first-order valence-electron chi connectivity index (χ1n) is 5.38. The van der Waals surface area contributed by atoms with Crippen molar-refractivity contribution in [2.24, 2.45) is 5.92 Å². The molecule has 1 saturated heterocycles. The molecular weight excluding hydrogens is 188 g/mol. The van der Waals surface area contributed by atoms with E-state index in [-0.39, 0.29) is 0 Å². The van der Waals surface area contributed by atoms with Crippen molar-refractivity contribution in [1.29, 1.82) is 0 Å². The Morgan fingerprint density at radius 1 is 1.47 bits per heavy atom. The van der Waals surface area contributed by atoms with Gasteiger partial charge in [-0.3, -0.25) is 4.79 Å². The predicted octanol–water partition coefficient (Wildman–Crippen LogP) is 2.13. The van der Waals surface area contributed by atoms with Gasteiger partial charge in [-0.2, -0.15) is 0 Å². The van der Waals surface area contributed by atoms with Gasteiger partial charge in [0.1, 0.15) is 5.82 Å². The van der Waals surface area contributed by atoms with E-state index in [1.807, 2.05) is 12.1 Å². The lowest BCUT2D eigenvalue weighted by Crippen LogP contribution is -2.27. The van der Waals surface area contributed by atoms with Crippen molar-refractivity contribution in [3.8, 4) is 0 Å². The van der Waals surface area contributed by atoms with E-state index in [2.05, 4.69) is 23.7 Å². The molecule has 1 aliphatic heterocycles. The number of nitrogens with zero attached hydrogens (tertiary/aromatic N) is 2. The summed E-state index contributed by atoms with van der Waals surface area (Å²) in [5.41, 5.74) is 0.638. The molecule has 0 saturated carbocycles. The maximum Gasteiger partial charge on any atom is 0.151 e.